The summed E-state index contributed by atoms with van der Waals surface area (Å²) in [6.07, 6.45) is 7.12. The van der Waals surface area contributed by atoms with Crippen molar-refractivity contribution in [3.63, 3.8) is 0 Å². The van der Waals surface area contributed by atoms with Gasteiger partial charge in [-0.1, -0.05) is 62.6 Å². The summed E-state index contributed by atoms with van der Waals surface area (Å²) in [6, 6.07) is 14.2. The second kappa shape index (κ2) is 14.0. The van der Waals surface area contributed by atoms with Crippen molar-refractivity contribution in [2.75, 3.05) is 17.1 Å². The number of sulfonamides is 1. The fourth-order valence-corrected chi connectivity index (χ4v) is 6.07. The lowest BCUT2D eigenvalue weighted by Crippen LogP contribution is -2.51. The van der Waals surface area contributed by atoms with Gasteiger partial charge in [-0.05, 0) is 67.5 Å². The molecule has 0 saturated heterocycles. The van der Waals surface area contributed by atoms with E-state index < -0.39 is 16.1 Å². The number of carbonyl (C=O) groups is 2. The third-order valence-corrected chi connectivity index (χ3v) is 8.58. The van der Waals surface area contributed by atoms with E-state index in [-0.39, 0.29) is 37.4 Å². The molecule has 2 amide bonds. The first-order chi connectivity index (χ1) is 18.1. The molecule has 0 heterocycles. The molecule has 1 N–H and O–H groups in total. The Morgan fingerprint density at radius 2 is 1.61 bits per heavy atom. The monoisotopic (exact) mass is 561 g/mol. The van der Waals surface area contributed by atoms with E-state index in [2.05, 4.69) is 5.32 Å². The molecule has 3 rings (SSSR count). The van der Waals surface area contributed by atoms with Gasteiger partial charge in [-0.15, -0.1) is 0 Å². The van der Waals surface area contributed by atoms with Crippen LogP contribution in [0, 0.1) is 0 Å². The fourth-order valence-electron chi connectivity index (χ4n) is 4.98. The first-order valence-corrected chi connectivity index (χ1v) is 15.8. The van der Waals surface area contributed by atoms with Gasteiger partial charge in [0.25, 0.3) is 0 Å². The number of hydrogen-bond donors (Lipinski definition) is 1. The van der Waals surface area contributed by atoms with Gasteiger partial charge in [-0.2, -0.15) is 0 Å². The van der Waals surface area contributed by atoms with Crippen LogP contribution in [0.4, 0.5) is 5.69 Å². The van der Waals surface area contributed by atoms with E-state index in [1.165, 1.54) is 10.6 Å². The Morgan fingerprint density at radius 3 is 2.16 bits per heavy atom. The van der Waals surface area contributed by atoms with Crippen LogP contribution >= 0.6 is 11.6 Å². The van der Waals surface area contributed by atoms with Crippen LogP contribution < -0.4 is 9.62 Å². The molecular formula is C29H40ClN3O4S. The molecule has 2 aromatic carbocycles. The Kier molecular flexibility index (Phi) is 11.0. The van der Waals surface area contributed by atoms with Crippen LogP contribution in [0.2, 0.25) is 5.02 Å². The second-order valence-corrected chi connectivity index (χ2v) is 12.4. The number of halogens is 1. The van der Waals surface area contributed by atoms with Crippen molar-refractivity contribution < 1.29 is 18.0 Å². The molecule has 0 unspecified atom stereocenters. The highest BCUT2D eigenvalue weighted by Crippen LogP contribution is 2.22. The number of rotatable bonds is 13. The molecule has 9 heteroatoms. The van der Waals surface area contributed by atoms with E-state index in [1.807, 2.05) is 38.1 Å². The van der Waals surface area contributed by atoms with Gasteiger partial charge in [0.15, 0.2) is 0 Å². The molecule has 38 heavy (non-hydrogen) atoms. The molecule has 1 aliphatic rings. The SMILES string of the molecule is CCc1ccc(N(CCCC(=O)N(Cc2ccc(Cl)cc2)[C@@H](CC)C(=O)NC2CCCC2)S(C)(=O)=O)cc1. The molecule has 0 aromatic heterocycles. The summed E-state index contributed by atoms with van der Waals surface area (Å²) in [5.41, 5.74) is 2.58. The standard InChI is InChI=1S/C29H40ClN3O4S/c1-4-22-14-18-26(19-15-22)33(38(3,36)37)20-8-11-28(34)32(21-23-12-16-24(30)17-13-23)27(5-2)29(35)31-25-9-6-7-10-25/h12-19,25,27H,4-11,20-21H2,1-3H3,(H,31,35)/t27-/m0/s1. The Hall–Kier alpha value is -2.58. The average molecular weight is 562 g/mol. The molecule has 208 valence electrons. The van der Waals surface area contributed by atoms with Gasteiger partial charge in [0.05, 0.1) is 11.9 Å². The van der Waals surface area contributed by atoms with E-state index in [9.17, 15) is 18.0 Å². The van der Waals surface area contributed by atoms with Crippen LogP contribution in [-0.4, -0.2) is 50.0 Å². The predicted molar refractivity (Wildman–Crippen MR) is 154 cm³/mol. The molecular weight excluding hydrogens is 522 g/mol. The van der Waals surface area contributed by atoms with Crippen LogP contribution in [0.3, 0.4) is 0 Å². The van der Waals surface area contributed by atoms with E-state index in [4.69, 9.17) is 11.6 Å². The van der Waals surface area contributed by atoms with Crippen LogP contribution in [0.15, 0.2) is 48.5 Å². The Morgan fingerprint density at radius 1 is 1.00 bits per heavy atom. The number of aryl methyl sites for hydroxylation is 1. The molecule has 0 spiro atoms. The summed E-state index contributed by atoms with van der Waals surface area (Å²) in [7, 11) is -3.52. The quantitative estimate of drug-likeness (QED) is 0.359. The summed E-state index contributed by atoms with van der Waals surface area (Å²) < 4.78 is 26.4. The number of carbonyl (C=O) groups excluding carboxylic acids is 2. The third kappa shape index (κ3) is 8.46. The highest BCUT2D eigenvalue weighted by molar-refractivity contribution is 7.92. The minimum atomic E-state index is -3.52. The van der Waals surface area contributed by atoms with Crippen molar-refractivity contribution >= 4 is 39.1 Å². The minimum Gasteiger partial charge on any atom is -0.352 e. The van der Waals surface area contributed by atoms with E-state index in [0.717, 1.165) is 43.2 Å². The molecule has 1 atom stereocenters. The Bertz CT molecular complexity index is 1160. The van der Waals surface area contributed by atoms with Crippen molar-refractivity contribution in [2.45, 2.75) is 83.8 Å². The molecule has 0 aliphatic heterocycles. The summed E-state index contributed by atoms with van der Waals surface area (Å²) in [6.45, 7) is 4.41. The maximum Gasteiger partial charge on any atom is 0.243 e. The zero-order chi connectivity index (χ0) is 27.7. The first kappa shape index (κ1) is 30.0. The summed E-state index contributed by atoms with van der Waals surface area (Å²) >= 11 is 6.05. The van der Waals surface area contributed by atoms with Crippen LogP contribution in [0.5, 0.6) is 0 Å². The highest BCUT2D eigenvalue weighted by atomic mass is 35.5. The van der Waals surface area contributed by atoms with Gasteiger partial charge >= 0.3 is 0 Å². The number of amides is 2. The van der Waals surface area contributed by atoms with Gasteiger partial charge in [0, 0.05) is 30.6 Å². The van der Waals surface area contributed by atoms with E-state index in [1.54, 1.807) is 29.2 Å². The van der Waals surface area contributed by atoms with Crippen molar-refractivity contribution in [1.29, 1.82) is 0 Å². The van der Waals surface area contributed by atoms with Gasteiger partial charge < -0.3 is 10.2 Å². The topological polar surface area (TPSA) is 86.8 Å². The lowest BCUT2D eigenvalue weighted by molar-refractivity contribution is -0.141. The van der Waals surface area contributed by atoms with Crippen LogP contribution in [0.25, 0.3) is 0 Å². The maximum atomic E-state index is 13.6. The average Bonchev–Trinajstić information content (AvgIpc) is 3.40. The van der Waals surface area contributed by atoms with Crippen molar-refractivity contribution in [1.82, 2.24) is 10.2 Å². The fraction of sp³-hybridized carbons (Fsp3) is 0.517. The van der Waals surface area contributed by atoms with Gasteiger partial charge in [-0.3, -0.25) is 13.9 Å². The molecule has 2 aromatic rings. The Balaban J connectivity index is 1.74. The third-order valence-electron chi connectivity index (χ3n) is 7.14. The molecule has 1 aliphatic carbocycles. The second-order valence-electron chi connectivity index (χ2n) is 10.0. The molecule has 1 fully saturated rings. The van der Waals surface area contributed by atoms with Crippen molar-refractivity contribution in [3.05, 3.63) is 64.7 Å². The van der Waals surface area contributed by atoms with Crippen molar-refractivity contribution in [2.24, 2.45) is 0 Å². The lowest BCUT2D eigenvalue weighted by Gasteiger charge is -2.32. The number of hydrogen-bond acceptors (Lipinski definition) is 4. The molecule has 7 nitrogen and oxygen atoms in total. The summed E-state index contributed by atoms with van der Waals surface area (Å²) in [5, 5.41) is 3.75. The largest absolute Gasteiger partial charge is 0.352 e. The van der Waals surface area contributed by atoms with Crippen LogP contribution in [0.1, 0.15) is 69.9 Å². The normalized spacial score (nSPS) is 14.7. The molecule has 0 radical (unpaired) electrons. The van der Waals surface area contributed by atoms with Gasteiger partial charge in [0.1, 0.15) is 6.04 Å². The van der Waals surface area contributed by atoms with Gasteiger partial charge in [0.2, 0.25) is 21.8 Å². The van der Waals surface area contributed by atoms with Crippen LogP contribution in [-0.2, 0) is 32.6 Å². The number of anilines is 1. The van der Waals surface area contributed by atoms with Gasteiger partial charge in [-0.25, -0.2) is 8.42 Å². The number of benzene rings is 2. The molecule has 1 saturated carbocycles. The lowest BCUT2D eigenvalue weighted by atomic mass is 10.1. The van der Waals surface area contributed by atoms with Crippen molar-refractivity contribution in [3.8, 4) is 0 Å². The Labute approximate surface area is 232 Å². The highest BCUT2D eigenvalue weighted by Gasteiger charge is 2.30. The zero-order valence-electron chi connectivity index (χ0n) is 22.7. The maximum absolute atomic E-state index is 13.6. The predicted octanol–water partition coefficient (Wildman–Crippen LogP) is 5.31. The minimum absolute atomic E-state index is 0.125. The molecule has 0 bridgehead atoms. The smallest absolute Gasteiger partial charge is 0.243 e. The van der Waals surface area contributed by atoms with E-state index >= 15 is 0 Å². The zero-order valence-corrected chi connectivity index (χ0v) is 24.2. The number of nitrogens with one attached hydrogen (secondary N) is 1. The van der Waals surface area contributed by atoms with E-state index in [0.29, 0.717) is 23.6 Å². The number of nitrogens with zero attached hydrogens (tertiary/aromatic N) is 2. The summed E-state index contributed by atoms with van der Waals surface area (Å²) in [4.78, 5) is 28.5. The first-order valence-electron chi connectivity index (χ1n) is 13.5. The summed E-state index contributed by atoms with van der Waals surface area (Å²) in [5.74, 6) is -0.307.